The third-order valence-corrected chi connectivity index (χ3v) is 5.25. The first kappa shape index (κ1) is 18.1. The van der Waals surface area contributed by atoms with Gasteiger partial charge in [0.05, 0.1) is 26.0 Å². The lowest BCUT2D eigenvalue weighted by Gasteiger charge is -2.34. The molecule has 0 saturated carbocycles. The summed E-state index contributed by atoms with van der Waals surface area (Å²) in [4.78, 5) is 15.2. The molecule has 0 spiro atoms. The molecule has 1 aromatic heterocycles. The predicted molar refractivity (Wildman–Crippen MR) is 106 cm³/mol. The van der Waals surface area contributed by atoms with Crippen molar-refractivity contribution in [3.05, 3.63) is 77.1 Å². The van der Waals surface area contributed by atoms with Gasteiger partial charge in [0.1, 0.15) is 11.5 Å². The van der Waals surface area contributed by atoms with Gasteiger partial charge in [0, 0.05) is 38.3 Å². The largest absolute Gasteiger partial charge is 0.497 e. The number of ether oxygens (including phenoxy) is 2. The van der Waals surface area contributed by atoms with E-state index in [0.29, 0.717) is 30.2 Å². The Morgan fingerprint density at radius 1 is 1.14 bits per heavy atom. The fourth-order valence-electron chi connectivity index (χ4n) is 3.81. The van der Waals surface area contributed by atoms with Gasteiger partial charge < -0.3 is 14.4 Å². The van der Waals surface area contributed by atoms with Crippen molar-refractivity contribution >= 4 is 5.91 Å². The Labute approximate surface area is 164 Å². The summed E-state index contributed by atoms with van der Waals surface area (Å²) >= 11 is 0. The number of benzene rings is 2. The summed E-state index contributed by atoms with van der Waals surface area (Å²) in [5.41, 5.74) is 4.05. The summed E-state index contributed by atoms with van der Waals surface area (Å²) in [6, 6.07) is 13.6. The van der Waals surface area contributed by atoms with E-state index in [-0.39, 0.29) is 11.8 Å². The first-order valence-corrected chi connectivity index (χ1v) is 9.18. The Balaban J connectivity index is 1.70. The van der Waals surface area contributed by atoms with E-state index in [1.54, 1.807) is 37.1 Å². The molecule has 6 heteroatoms. The molecule has 0 fully saturated rings. The van der Waals surface area contributed by atoms with Crippen molar-refractivity contribution in [2.24, 2.45) is 7.05 Å². The Morgan fingerprint density at radius 2 is 1.96 bits per heavy atom. The van der Waals surface area contributed by atoms with Crippen LogP contribution in [0, 0.1) is 0 Å². The molecule has 4 rings (SSSR count). The lowest BCUT2D eigenvalue weighted by Crippen LogP contribution is -2.38. The zero-order valence-corrected chi connectivity index (χ0v) is 16.3. The van der Waals surface area contributed by atoms with Crippen molar-refractivity contribution in [2.45, 2.75) is 12.5 Å². The molecule has 1 atom stereocenters. The quantitative estimate of drug-likeness (QED) is 0.701. The van der Waals surface area contributed by atoms with E-state index >= 15 is 0 Å². The summed E-state index contributed by atoms with van der Waals surface area (Å²) in [6.45, 7) is 1.16. The van der Waals surface area contributed by atoms with Crippen LogP contribution in [0.2, 0.25) is 0 Å². The van der Waals surface area contributed by atoms with Crippen LogP contribution in [0.5, 0.6) is 11.5 Å². The zero-order valence-electron chi connectivity index (χ0n) is 16.3. The highest BCUT2D eigenvalue weighted by atomic mass is 16.5. The number of aryl methyl sites for hydroxylation is 1. The van der Waals surface area contributed by atoms with Gasteiger partial charge in [0.2, 0.25) is 0 Å². The fourth-order valence-corrected chi connectivity index (χ4v) is 3.81. The highest BCUT2D eigenvalue weighted by Crippen LogP contribution is 2.35. The second-order valence-electron chi connectivity index (χ2n) is 6.95. The van der Waals surface area contributed by atoms with Gasteiger partial charge in [-0.25, -0.2) is 0 Å². The second kappa shape index (κ2) is 7.38. The smallest absolute Gasteiger partial charge is 0.257 e. The number of amides is 1. The standard InChI is InChI=1S/C22H23N3O3/c1-24-12-16(11-23-24)20-14-25(13-15-6-4-5-7-18(15)20)22(26)19-9-8-17(27-2)10-21(19)28-3/h4-12,20H,13-14H2,1-3H3. The van der Waals surface area contributed by atoms with Crippen molar-refractivity contribution in [3.8, 4) is 11.5 Å². The van der Waals surface area contributed by atoms with Crippen LogP contribution in [0.25, 0.3) is 0 Å². The van der Waals surface area contributed by atoms with Crippen LogP contribution in [0.4, 0.5) is 0 Å². The van der Waals surface area contributed by atoms with E-state index in [2.05, 4.69) is 17.2 Å². The van der Waals surface area contributed by atoms with Crippen LogP contribution in [0.1, 0.15) is 33.0 Å². The molecule has 0 saturated heterocycles. The van der Waals surface area contributed by atoms with Crippen LogP contribution >= 0.6 is 0 Å². The maximum absolute atomic E-state index is 13.4. The lowest BCUT2D eigenvalue weighted by atomic mass is 9.86. The minimum Gasteiger partial charge on any atom is -0.497 e. The lowest BCUT2D eigenvalue weighted by molar-refractivity contribution is 0.0721. The summed E-state index contributed by atoms with van der Waals surface area (Å²) < 4.78 is 12.5. The molecule has 1 aliphatic heterocycles. The first-order valence-electron chi connectivity index (χ1n) is 9.18. The number of rotatable bonds is 4. The number of carbonyl (C=O) groups is 1. The van der Waals surface area contributed by atoms with Crippen LogP contribution < -0.4 is 9.47 Å². The summed E-state index contributed by atoms with van der Waals surface area (Å²) in [6.07, 6.45) is 3.90. The molecule has 2 heterocycles. The summed E-state index contributed by atoms with van der Waals surface area (Å²) in [5, 5.41) is 4.32. The molecule has 1 unspecified atom stereocenters. The SMILES string of the molecule is COc1ccc(C(=O)N2Cc3ccccc3C(c3cnn(C)c3)C2)c(OC)c1. The molecule has 0 radical (unpaired) electrons. The number of nitrogens with zero attached hydrogens (tertiary/aromatic N) is 3. The topological polar surface area (TPSA) is 56.6 Å². The molecule has 0 aliphatic carbocycles. The van der Waals surface area contributed by atoms with E-state index in [4.69, 9.17) is 9.47 Å². The minimum absolute atomic E-state index is 0.0529. The van der Waals surface area contributed by atoms with Gasteiger partial charge in [-0.2, -0.15) is 5.10 Å². The second-order valence-corrected chi connectivity index (χ2v) is 6.95. The first-order chi connectivity index (χ1) is 13.6. The Hall–Kier alpha value is -3.28. The minimum atomic E-state index is -0.0529. The molecular formula is C22H23N3O3. The zero-order chi connectivity index (χ0) is 19.7. The van der Waals surface area contributed by atoms with Crippen molar-refractivity contribution in [2.75, 3.05) is 20.8 Å². The van der Waals surface area contributed by atoms with Gasteiger partial charge in [-0.05, 0) is 28.8 Å². The maximum atomic E-state index is 13.4. The van der Waals surface area contributed by atoms with E-state index in [0.717, 1.165) is 11.1 Å². The number of fused-ring (bicyclic) bond motifs is 1. The number of carbonyl (C=O) groups excluding carboxylic acids is 1. The number of hydrogen-bond acceptors (Lipinski definition) is 4. The number of methoxy groups -OCH3 is 2. The van der Waals surface area contributed by atoms with Crippen LogP contribution in [-0.4, -0.2) is 41.4 Å². The average Bonchev–Trinajstić information content (AvgIpc) is 3.18. The molecule has 1 amide bonds. The van der Waals surface area contributed by atoms with Crippen LogP contribution in [0.15, 0.2) is 54.9 Å². The Morgan fingerprint density at radius 3 is 2.68 bits per heavy atom. The molecule has 1 aliphatic rings. The van der Waals surface area contributed by atoms with Crippen LogP contribution in [0.3, 0.4) is 0 Å². The molecule has 3 aromatic rings. The van der Waals surface area contributed by atoms with E-state index < -0.39 is 0 Å². The van der Waals surface area contributed by atoms with Crippen molar-refractivity contribution in [1.82, 2.24) is 14.7 Å². The Bertz CT molecular complexity index is 1010. The molecule has 0 bridgehead atoms. The van der Waals surface area contributed by atoms with Gasteiger partial charge in [-0.1, -0.05) is 24.3 Å². The molecule has 6 nitrogen and oxygen atoms in total. The van der Waals surface area contributed by atoms with Gasteiger partial charge in [0.25, 0.3) is 5.91 Å². The van der Waals surface area contributed by atoms with Gasteiger partial charge in [-0.3, -0.25) is 9.48 Å². The van der Waals surface area contributed by atoms with Crippen LogP contribution in [-0.2, 0) is 13.6 Å². The molecular weight excluding hydrogens is 354 g/mol. The van der Waals surface area contributed by atoms with Gasteiger partial charge in [0.15, 0.2) is 0 Å². The maximum Gasteiger partial charge on any atom is 0.257 e. The third kappa shape index (κ3) is 3.22. The van der Waals surface area contributed by atoms with Gasteiger partial charge >= 0.3 is 0 Å². The van der Waals surface area contributed by atoms with E-state index in [9.17, 15) is 4.79 Å². The highest BCUT2D eigenvalue weighted by Gasteiger charge is 2.31. The molecule has 144 valence electrons. The highest BCUT2D eigenvalue weighted by molar-refractivity contribution is 5.97. The van der Waals surface area contributed by atoms with E-state index in [1.807, 2.05) is 36.5 Å². The third-order valence-electron chi connectivity index (χ3n) is 5.25. The average molecular weight is 377 g/mol. The molecule has 28 heavy (non-hydrogen) atoms. The normalized spacial score (nSPS) is 15.8. The van der Waals surface area contributed by atoms with Crippen molar-refractivity contribution in [1.29, 1.82) is 0 Å². The summed E-state index contributed by atoms with van der Waals surface area (Å²) in [5.74, 6) is 1.21. The molecule has 2 aromatic carbocycles. The van der Waals surface area contributed by atoms with Crippen molar-refractivity contribution in [3.63, 3.8) is 0 Å². The predicted octanol–water partition coefficient (Wildman–Crippen LogP) is 3.23. The van der Waals surface area contributed by atoms with Crippen molar-refractivity contribution < 1.29 is 14.3 Å². The van der Waals surface area contributed by atoms with E-state index in [1.165, 1.54) is 5.56 Å². The molecule has 0 N–H and O–H groups in total. The summed E-state index contributed by atoms with van der Waals surface area (Å²) in [7, 11) is 5.06. The number of hydrogen-bond donors (Lipinski definition) is 0. The fraction of sp³-hybridized carbons (Fsp3) is 0.273. The Kier molecular flexibility index (Phi) is 4.77. The number of aromatic nitrogens is 2. The van der Waals surface area contributed by atoms with Gasteiger partial charge in [-0.15, -0.1) is 0 Å². The monoisotopic (exact) mass is 377 g/mol.